The van der Waals surface area contributed by atoms with E-state index in [2.05, 4.69) is 0 Å². The van der Waals surface area contributed by atoms with E-state index in [4.69, 9.17) is 10.5 Å². The van der Waals surface area contributed by atoms with E-state index in [9.17, 15) is 5.11 Å². The maximum absolute atomic E-state index is 10.1. The SMILES string of the molecule is COc1c(C(C)(O)CN)ccc(C)c1C. The third-order valence-electron chi connectivity index (χ3n) is 2.86. The van der Waals surface area contributed by atoms with E-state index in [-0.39, 0.29) is 6.54 Å². The van der Waals surface area contributed by atoms with Gasteiger partial charge in [0.2, 0.25) is 0 Å². The summed E-state index contributed by atoms with van der Waals surface area (Å²) < 4.78 is 5.33. The van der Waals surface area contributed by atoms with E-state index in [1.165, 1.54) is 0 Å². The van der Waals surface area contributed by atoms with Gasteiger partial charge >= 0.3 is 0 Å². The molecule has 0 saturated heterocycles. The number of hydrogen-bond donors (Lipinski definition) is 2. The molecule has 3 heteroatoms. The van der Waals surface area contributed by atoms with Crippen molar-refractivity contribution in [2.75, 3.05) is 13.7 Å². The Balaban J connectivity index is 3.37. The zero-order chi connectivity index (χ0) is 11.6. The highest BCUT2D eigenvalue weighted by molar-refractivity contribution is 5.47. The van der Waals surface area contributed by atoms with Gasteiger partial charge in [0.25, 0.3) is 0 Å². The number of nitrogens with two attached hydrogens (primary N) is 1. The largest absolute Gasteiger partial charge is 0.496 e. The molecule has 1 unspecified atom stereocenters. The number of aryl methyl sites for hydroxylation is 1. The van der Waals surface area contributed by atoms with Gasteiger partial charge in [-0.05, 0) is 31.9 Å². The van der Waals surface area contributed by atoms with Crippen LogP contribution in [-0.4, -0.2) is 18.8 Å². The summed E-state index contributed by atoms with van der Waals surface area (Å²) in [6.45, 7) is 5.86. The Bertz CT molecular complexity index is 359. The van der Waals surface area contributed by atoms with Crippen molar-refractivity contribution in [2.45, 2.75) is 26.4 Å². The predicted molar refractivity (Wildman–Crippen MR) is 61.1 cm³/mol. The Labute approximate surface area is 90.9 Å². The van der Waals surface area contributed by atoms with Gasteiger partial charge < -0.3 is 15.6 Å². The smallest absolute Gasteiger partial charge is 0.128 e. The number of methoxy groups -OCH3 is 1. The molecule has 3 N–H and O–H groups in total. The molecule has 0 aliphatic rings. The first-order valence-electron chi connectivity index (χ1n) is 5.01. The minimum absolute atomic E-state index is 0.172. The van der Waals surface area contributed by atoms with Crippen molar-refractivity contribution in [1.82, 2.24) is 0 Å². The molecule has 0 radical (unpaired) electrons. The van der Waals surface area contributed by atoms with Crippen LogP contribution in [0.2, 0.25) is 0 Å². The molecule has 84 valence electrons. The van der Waals surface area contributed by atoms with Gasteiger partial charge in [-0.3, -0.25) is 0 Å². The van der Waals surface area contributed by atoms with Gasteiger partial charge in [0.1, 0.15) is 11.4 Å². The van der Waals surface area contributed by atoms with Crippen molar-refractivity contribution < 1.29 is 9.84 Å². The van der Waals surface area contributed by atoms with Gasteiger partial charge in [0, 0.05) is 12.1 Å². The molecule has 0 bridgehead atoms. The van der Waals surface area contributed by atoms with Gasteiger partial charge in [-0.15, -0.1) is 0 Å². The summed E-state index contributed by atoms with van der Waals surface area (Å²) >= 11 is 0. The van der Waals surface area contributed by atoms with Crippen molar-refractivity contribution in [2.24, 2.45) is 5.73 Å². The number of benzene rings is 1. The first kappa shape index (κ1) is 12.0. The molecule has 0 heterocycles. The van der Waals surface area contributed by atoms with Crippen molar-refractivity contribution in [3.63, 3.8) is 0 Å². The maximum Gasteiger partial charge on any atom is 0.128 e. The summed E-state index contributed by atoms with van der Waals surface area (Å²) in [4.78, 5) is 0. The third kappa shape index (κ3) is 2.13. The van der Waals surface area contributed by atoms with Gasteiger partial charge in [-0.25, -0.2) is 0 Å². The fourth-order valence-electron chi connectivity index (χ4n) is 1.59. The maximum atomic E-state index is 10.1. The molecule has 0 aromatic heterocycles. The van der Waals surface area contributed by atoms with Gasteiger partial charge in [0.15, 0.2) is 0 Å². The van der Waals surface area contributed by atoms with Crippen molar-refractivity contribution in [3.8, 4) is 5.75 Å². The molecule has 0 saturated carbocycles. The number of aliphatic hydroxyl groups is 1. The van der Waals surface area contributed by atoms with Crippen LogP contribution in [0.1, 0.15) is 23.6 Å². The molecular formula is C12H19NO2. The number of ether oxygens (including phenoxy) is 1. The Morgan fingerprint density at radius 1 is 1.40 bits per heavy atom. The highest BCUT2D eigenvalue weighted by Crippen LogP contribution is 2.33. The van der Waals surface area contributed by atoms with E-state index in [0.29, 0.717) is 0 Å². The third-order valence-corrected chi connectivity index (χ3v) is 2.86. The topological polar surface area (TPSA) is 55.5 Å². The first-order chi connectivity index (χ1) is 6.94. The van der Waals surface area contributed by atoms with E-state index in [1.54, 1.807) is 14.0 Å². The van der Waals surface area contributed by atoms with Crippen LogP contribution in [0.3, 0.4) is 0 Å². The van der Waals surface area contributed by atoms with Crippen LogP contribution in [0.15, 0.2) is 12.1 Å². The Kier molecular flexibility index (Phi) is 3.37. The second-order valence-electron chi connectivity index (χ2n) is 4.07. The quantitative estimate of drug-likeness (QED) is 0.792. The van der Waals surface area contributed by atoms with Crippen LogP contribution in [0.5, 0.6) is 5.75 Å². The van der Waals surface area contributed by atoms with E-state index in [1.807, 2.05) is 26.0 Å². The molecular weight excluding hydrogens is 190 g/mol. The highest BCUT2D eigenvalue weighted by Gasteiger charge is 2.26. The molecule has 0 amide bonds. The molecule has 1 aromatic rings. The molecule has 0 aliphatic heterocycles. The van der Waals surface area contributed by atoms with E-state index in [0.717, 1.165) is 22.4 Å². The van der Waals surface area contributed by atoms with Crippen molar-refractivity contribution in [3.05, 3.63) is 28.8 Å². The Hall–Kier alpha value is -1.06. The van der Waals surface area contributed by atoms with Gasteiger partial charge in [0.05, 0.1) is 7.11 Å². The lowest BCUT2D eigenvalue weighted by Crippen LogP contribution is -2.31. The first-order valence-corrected chi connectivity index (χ1v) is 5.01. The molecule has 0 spiro atoms. The molecule has 0 aliphatic carbocycles. The lowest BCUT2D eigenvalue weighted by molar-refractivity contribution is 0.0639. The molecule has 0 fully saturated rings. The minimum Gasteiger partial charge on any atom is -0.496 e. The molecule has 1 atom stereocenters. The summed E-state index contributed by atoms with van der Waals surface area (Å²) in [5.74, 6) is 0.727. The molecule has 3 nitrogen and oxygen atoms in total. The van der Waals surface area contributed by atoms with Crippen LogP contribution in [0.25, 0.3) is 0 Å². The zero-order valence-corrected chi connectivity index (χ0v) is 9.79. The molecule has 1 rings (SSSR count). The summed E-state index contributed by atoms with van der Waals surface area (Å²) in [5, 5.41) is 10.1. The Morgan fingerprint density at radius 2 is 2.00 bits per heavy atom. The standard InChI is InChI=1S/C12H19NO2/c1-8-5-6-10(12(3,14)7-13)11(15-4)9(8)2/h5-6,14H,7,13H2,1-4H3. The zero-order valence-electron chi connectivity index (χ0n) is 9.79. The summed E-state index contributed by atoms with van der Waals surface area (Å²) in [7, 11) is 1.61. The number of rotatable bonds is 3. The molecule has 1 aromatic carbocycles. The highest BCUT2D eigenvalue weighted by atomic mass is 16.5. The van der Waals surface area contributed by atoms with E-state index >= 15 is 0 Å². The fraction of sp³-hybridized carbons (Fsp3) is 0.500. The lowest BCUT2D eigenvalue weighted by atomic mass is 9.92. The summed E-state index contributed by atoms with van der Waals surface area (Å²) in [5.41, 5.74) is 7.44. The van der Waals surface area contributed by atoms with Crippen LogP contribution in [0.4, 0.5) is 0 Å². The average molecular weight is 209 g/mol. The second-order valence-corrected chi connectivity index (χ2v) is 4.07. The fourth-order valence-corrected chi connectivity index (χ4v) is 1.59. The van der Waals surface area contributed by atoms with Crippen LogP contribution in [-0.2, 0) is 5.60 Å². The average Bonchev–Trinajstić information content (AvgIpc) is 2.21. The van der Waals surface area contributed by atoms with Gasteiger partial charge in [-0.1, -0.05) is 12.1 Å². The van der Waals surface area contributed by atoms with E-state index < -0.39 is 5.60 Å². The summed E-state index contributed by atoms with van der Waals surface area (Å²) in [6, 6.07) is 3.84. The monoisotopic (exact) mass is 209 g/mol. The second kappa shape index (κ2) is 4.21. The lowest BCUT2D eigenvalue weighted by Gasteiger charge is -2.25. The normalized spacial score (nSPS) is 14.8. The molecule has 15 heavy (non-hydrogen) atoms. The van der Waals surface area contributed by atoms with Gasteiger partial charge in [-0.2, -0.15) is 0 Å². The Morgan fingerprint density at radius 3 is 2.47 bits per heavy atom. The predicted octanol–water partition coefficient (Wildman–Crippen LogP) is 1.48. The van der Waals surface area contributed by atoms with Crippen LogP contribution < -0.4 is 10.5 Å². The summed E-state index contributed by atoms with van der Waals surface area (Å²) in [6.07, 6.45) is 0. The van der Waals surface area contributed by atoms with Crippen LogP contribution in [0, 0.1) is 13.8 Å². The minimum atomic E-state index is -1.04. The van der Waals surface area contributed by atoms with Crippen molar-refractivity contribution in [1.29, 1.82) is 0 Å². The van der Waals surface area contributed by atoms with Crippen molar-refractivity contribution >= 4 is 0 Å². The van der Waals surface area contributed by atoms with Crippen LogP contribution >= 0.6 is 0 Å². The number of hydrogen-bond acceptors (Lipinski definition) is 3.